The van der Waals surface area contributed by atoms with Crippen molar-refractivity contribution in [2.75, 3.05) is 32.7 Å². The highest BCUT2D eigenvalue weighted by atomic mass is 16.2. The van der Waals surface area contributed by atoms with Crippen molar-refractivity contribution < 1.29 is 4.79 Å². The van der Waals surface area contributed by atoms with Crippen molar-refractivity contribution in [2.24, 2.45) is 0 Å². The molecule has 1 aliphatic rings. The zero-order chi connectivity index (χ0) is 17.6. The molecule has 0 saturated carbocycles. The summed E-state index contributed by atoms with van der Waals surface area (Å²) in [5.41, 5.74) is 1.39. The number of carbonyl (C=O) groups excluding carboxylic acids is 1. The minimum absolute atomic E-state index is 0.150. The van der Waals surface area contributed by atoms with Crippen molar-refractivity contribution in [3.05, 3.63) is 48.0 Å². The molecule has 3 rings (SSSR count). The molecule has 1 heterocycles. The Morgan fingerprint density at radius 3 is 2.48 bits per heavy atom. The van der Waals surface area contributed by atoms with Crippen molar-refractivity contribution in [1.82, 2.24) is 15.1 Å². The van der Waals surface area contributed by atoms with Crippen LogP contribution in [0.4, 0.5) is 0 Å². The van der Waals surface area contributed by atoms with Gasteiger partial charge in [-0.15, -0.1) is 0 Å². The second kappa shape index (κ2) is 8.45. The van der Waals surface area contributed by atoms with Crippen LogP contribution in [0.2, 0.25) is 0 Å². The predicted molar refractivity (Wildman–Crippen MR) is 104 cm³/mol. The van der Waals surface area contributed by atoms with E-state index in [1.807, 2.05) is 0 Å². The Bertz CT molecular complexity index is 702. The van der Waals surface area contributed by atoms with Gasteiger partial charge in [-0.3, -0.25) is 14.6 Å². The van der Waals surface area contributed by atoms with Gasteiger partial charge < -0.3 is 5.32 Å². The molecule has 1 saturated heterocycles. The summed E-state index contributed by atoms with van der Waals surface area (Å²) < 4.78 is 0. The van der Waals surface area contributed by atoms with Gasteiger partial charge in [-0.25, -0.2) is 0 Å². The van der Waals surface area contributed by atoms with Crippen LogP contribution in [0.1, 0.15) is 25.8 Å². The summed E-state index contributed by atoms with van der Waals surface area (Å²) in [6, 6.07) is 15.4. The van der Waals surface area contributed by atoms with Gasteiger partial charge in [0.05, 0.1) is 6.54 Å². The van der Waals surface area contributed by atoms with Crippen LogP contribution in [0.3, 0.4) is 0 Å². The van der Waals surface area contributed by atoms with Crippen LogP contribution in [-0.2, 0) is 11.3 Å². The third-order valence-electron chi connectivity index (χ3n) is 5.13. The normalized spacial score (nSPS) is 17.5. The Kier molecular flexibility index (Phi) is 6.05. The molecule has 0 aromatic heterocycles. The number of piperazine rings is 1. The largest absolute Gasteiger partial charge is 0.353 e. The minimum atomic E-state index is 0.150. The Labute approximate surface area is 150 Å². The fourth-order valence-corrected chi connectivity index (χ4v) is 3.40. The average molecular weight is 339 g/mol. The molecule has 2 aromatic rings. The lowest BCUT2D eigenvalue weighted by atomic mass is 10.0. The molecule has 4 heteroatoms. The third-order valence-corrected chi connectivity index (χ3v) is 5.13. The minimum Gasteiger partial charge on any atom is -0.353 e. The molecular formula is C21H29N3O. The van der Waals surface area contributed by atoms with Gasteiger partial charge in [0.15, 0.2) is 0 Å². The second-order valence-electron chi connectivity index (χ2n) is 7.07. The maximum atomic E-state index is 12.0. The van der Waals surface area contributed by atoms with Gasteiger partial charge in [-0.1, -0.05) is 49.4 Å². The number of nitrogens with zero attached hydrogens (tertiary/aromatic N) is 2. The lowest BCUT2D eigenvalue weighted by Gasteiger charge is -2.34. The van der Waals surface area contributed by atoms with E-state index in [0.29, 0.717) is 6.54 Å². The highest BCUT2D eigenvalue weighted by molar-refractivity contribution is 5.85. The molecule has 1 N–H and O–H groups in total. The van der Waals surface area contributed by atoms with E-state index in [1.165, 1.54) is 16.3 Å². The van der Waals surface area contributed by atoms with Gasteiger partial charge in [0.1, 0.15) is 0 Å². The monoisotopic (exact) mass is 339 g/mol. The maximum absolute atomic E-state index is 12.0. The van der Waals surface area contributed by atoms with E-state index < -0.39 is 0 Å². The molecule has 1 aliphatic heterocycles. The van der Waals surface area contributed by atoms with Gasteiger partial charge >= 0.3 is 0 Å². The Balaban J connectivity index is 1.52. The van der Waals surface area contributed by atoms with Crippen LogP contribution >= 0.6 is 0 Å². The molecular weight excluding hydrogens is 310 g/mol. The second-order valence-corrected chi connectivity index (χ2v) is 7.07. The smallest absolute Gasteiger partial charge is 0.234 e. The summed E-state index contributed by atoms with van der Waals surface area (Å²) in [4.78, 5) is 16.8. The zero-order valence-electron chi connectivity index (χ0n) is 15.4. The molecule has 0 radical (unpaired) electrons. The number of benzene rings is 2. The quantitative estimate of drug-likeness (QED) is 0.879. The maximum Gasteiger partial charge on any atom is 0.234 e. The van der Waals surface area contributed by atoms with Crippen molar-refractivity contribution in [3.63, 3.8) is 0 Å². The van der Waals surface area contributed by atoms with Gasteiger partial charge in [0.25, 0.3) is 0 Å². The van der Waals surface area contributed by atoms with E-state index in [0.717, 1.165) is 39.1 Å². The predicted octanol–water partition coefficient (Wildman–Crippen LogP) is 2.87. The number of rotatable bonds is 6. The van der Waals surface area contributed by atoms with Gasteiger partial charge in [-0.05, 0) is 29.7 Å². The first-order valence-corrected chi connectivity index (χ1v) is 9.36. The first-order chi connectivity index (χ1) is 12.2. The van der Waals surface area contributed by atoms with E-state index in [2.05, 4.69) is 71.4 Å². The highest BCUT2D eigenvalue weighted by Gasteiger charge is 2.19. The molecule has 0 bridgehead atoms. The van der Waals surface area contributed by atoms with E-state index in [1.54, 1.807) is 0 Å². The lowest BCUT2D eigenvalue weighted by molar-refractivity contribution is -0.123. The molecule has 4 nitrogen and oxygen atoms in total. The molecule has 0 aliphatic carbocycles. The Morgan fingerprint density at radius 1 is 1.04 bits per heavy atom. The van der Waals surface area contributed by atoms with Crippen LogP contribution in [0.25, 0.3) is 10.8 Å². The standard InChI is InChI=1S/C21H29N3O/c1-3-17(2)22-21(25)16-24-13-11-23(12-14-24)15-19-9-6-8-18-7-4-5-10-20(18)19/h4-10,17H,3,11-16H2,1-2H3,(H,22,25). The molecule has 1 unspecified atom stereocenters. The summed E-state index contributed by atoms with van der Waals surface area (Å²) in [7, 11) is 0. The average Bonchev–Trinajstić information content (AvgIpc) is 2.63. The van der Waals surface area contributed by atoms with Crippen LogP contribution in [0.15, 0.2) is 42.5 Å². The van der Waals surface area contributed by atoms with Crippen molar-refractivity contribution in [1.29, 1.82) is 0 Å². The number of carbonyl (C=O) groups is 1. The summed E-state index contributed by atoms with van der Waals surface area (Å²) in [5.74, 6) is 0.150. The summed E-state index contributed by atoms with van der Waals surface area (Å²) >= 11 is 0. The first-order valence-electron chi connectivity index (χ1n) is 9.36. The number of nitrogens with one attached hydrogen (secondary N) is 1. The van der Waals surface area contributed by atoms with E-state index in [-0.39, 0.29) is 11.9 Å². The van der Waals surface area contributed by atoms with Gasteiger partial charge in [-0.2, -0.15) is 0 Å². The van der Waals surface area contributed by atoms with Crippen LogP contribution in [0.5, 0.6) is 0 Å². The van der Waals surface area contributed by atoms with Crippen LogP contribution < -0.4 is 5.32 Å². The van der Waals surface area contributed by atoms with Gasteiger partial charge in [0, 0.05) is 38.8 Å². The number of fused-ring (bicyclic) bond motifs is 1. The van der Waals surface area contributed by atoms with E-state index >= 15 is 0 Å². The number of amides is 1. The third kappa shape index (κ3) is 4.80. The molecule has 1 atom stereocenters. The molecule has 0 spiro atoms. The first kappa shape index (κ1) is 17.9. The Morgan fingerprint density at radius 2 is 1.72 bits per heavy atom. The number of hydrogen-bond donors (Lipinski definition) is 1. The molecule has 25 heavy (non-hydrogen) atoms. The summed E-state index contributed by atoms with van der Waals surface area (Å²) in [5, 5.41) is 5.71. The van der Waals surface area contributed by atoms with Crippen LogP contribution in [-0.4, -0.2) is 54.5 Å². The summed E-state index contributed by atoms with van der Waals surface area (Å²) in [6.45, 7) is 9.59. The van der Waals surface area contributed by atoms with E-state index in [4.69, 9.17) is 0 Å². The molecule has 1 fully saturated rings. The zero-order valence-corrected chi connectivity index (χ0v) is 15.4. The van der Waals surface area contributed by atoms with Crippen molar-refractivity contribution in [3.8, 4) is 0 Å². The fourth-order valence-electron chi connectivity index (χ4n) is 3.40. The molecule has 2 aromatic carbocycles. The SMILES string of the molecule is CCC(C)NC(=O)CN1CCN(Cc2cccc3ccccc23)CC1. The topological polar surface area (TPSA) is 35.6 Å². The van der Waals surface area contributed by atoms with Crippen LogP contribution in [0, 0.1) is 0 Å². The fraction of sp³-hybridized carbons (Fsp3) is 0.476. The Hall–Kier alpha value is -1.91. The lowest BCUT2D eigenvalue weighted by Crippen LogP contribution is -2.49. The summed E-state index contributed by atoms with van der Waals surface area (Å²) in [6.07, 6.45) is 0.977. The molecule has 134 valence electrons. The van der Waals surface area contributed by atoms with Gasteiger partial charge in [0.2, 0.25) is 5.91 Å². The highest BCUT2D eigenvalue weighted by Crippen LogP contribution is 2.20. The van der Waals surface area contributed by atoms with E-state index in [9.17, 15) is 4.79 Å². The molecule has 1 amide bonds. The van der Waals surface area contributed by atoms with Crippen molar-refractivity contribution >= 4 is 16.7 Å². The number of hydrogen-bond acceptors (Lipinski definition) is 3. The van der Waals surface area contributed by atoms with Crippen molar-refractivity contribution in [2.45, 2.75) is 32.9 Å².